The molecule has 140 valence electrons. The lowest BCUT2D eigenvalue weighted by molar-refractivity contribution is 0.103. The van der Waals surface area contributed by atoms with E-state index in [-0.39, 0.29) is 11.5 Å². The molecule has 0 amide bonds. The SMILES string of the molecule is O=C(c1ccc(OCCN2CCCCC2)cc1)c1coc2cc(O)ccc12. The normalized spacial score (nSPS) is 15.1. The Kier molecular flexibility index (Phi) is 5.12. The highest BCUT2D eigenvalue weighted by molar-refractivity contribution is 6.15. The Balaban J connectivity index is 1.39. The molecule has 2 heterocycles. The number of nitrogens with zero attached hydrogens (tertiary/aromatic N) is 1. The second kappa shape index (κ2) is 7.84. The zero-order valence-corrected chi connectivity index (χ0v) is 15.2. The number of hydrogen-bond acceptors (Lipinski definition) is 5. The van der Waals surface area contributed by atoms with Gasteiger partial charge in [-0.05, 0) is 62.3 Å². The quantitative estimate of drug-likeness (QED) is 0.662. The zero-order chi connectivity index (χ0) is 18.6. The monoisotopic (exact) mass is 365 g/mol. The summed E-state index contributed by atoms with van der Waals surface area (Å²) in [6, 6.07) is 12.0. The topological polar surface area (TPSA) is 62.9 Å². The Bertz CT molecular complexity index is 923. The Morgan fingerprint density at radius 2 is 1.85 bits per heavy atom. The number of furan rings is 1. The molecule has 3 aromatic rings. The molecule has 0 spiro atoms. The second-order valence-electron chi connectivity index (χ2n) is 6.93. The van der Waals surface area contributed by atoms with Crippen LogP contribution in [0, 0.1) is 0 Å². The zero-order valence-electron chi connectivity index (χ0n) is 15.2. The largest absolute Gasteiger partial charge is 0.508 e. The number of aromatic hydroxyl groups is 1. The van der Waals surface area contributed by atoms with Gasteiger partial charge in [-0.1, -0.05) is 6.42 Å². The maximum Gasteiger partial charge on any atom is 0.196 e. The fraction of sp³-hybridized carbons (Fsp3) is 0.318. The lowest BCUT2D eigenvalue weighted by Gasteiger charge is -2.26. The predicted octanol–water partition coefficient (Wildman–Crippen LogP) is 4.23. The minimum absolute atomic E-state index is 0.112. The van der Waals surface area contributed by atoms with E-state index in [4.69, 9.17) is 9.15 Å². The predicted molar refractivity (Wildman–Crippen MR) is 104 cm³/mol. The van der Waals surface area contributed by atoms with Crippen molar-refractivity contribution < 1.29 is 19.1 Å². The lowest BCUT2D eigenvalue weighted by Crippen LogP contribution is -2.33. The summed E-state index contributed by atoms with van der Waals surface area (Å²) in [5, 5.41) is 10.2. The first-order valence-corrected chi connectivity index (χ1v) is 9.41. The molecule has 4 rings (SSSR count). The number of carbonyl (C=O) groups is 1. The van der Waals surface area contributed by atoms with Crippen molar-refractivity contribution in [3.8, 4) is 11.5 Å². The molecule has 1 fully saturated rings. The van der Waals surface area contributed by atoms with Crippen LogP contribution in [0.15, 0.2) is 53.1 Å². The lowest BCUT2D eigenvalue weighted by atomic mass is 10.0. The molecule has 5 heteroatoms. The number of ether oxygens (including phenoxy) is 1. The number of likely N-dealkylation sites (tertiary alicyclic amines) is 1. The molecule has 0 unspecified atom stereocenters. The number of rotatable bonds is 6. The first-order valence-electron chi connectivity index (χ1n) is 9.41. The van der Waals surface area contributed by atoms with E-state index in [1.807, 2.05) is 12.1 Å². The number of phenolic OH excluding ortho intramolecular Hbond substituents is 1. The molecule has 1 aliphatic rings. The summed E-state index contributed by atoms with van der Waals surface area (Å²) in [7, 11) is 0. The van der Waals surface area contributed by atoms with Gasteiger partial charge in [0, 0.05) is 23.6 Å². The van der Waals surface area contributed by atoms with Crippen molar-refractivity contribution in [1.82, 2.24) is 4.90 Å². The molecule has 0 bridgehead atoms. The molecule has 0 atom stereocenters. The van der Waals surface area contributed by atoms with Gasteiger partial charge in [-0.25, -0.2) is 0 Å². The summed E-state index contributed by atoms with van der Waals surface area (Å²) in [4.78, 5) is 15.2. The molecular weight excluding hydrogens is 342 g/mol. The van der Waals surface area contributed by atoms with E-state index >= 15 is 0 Å². The molecule has 5 nitrogen and oxygen atoms in total. The van der Waals surface area contributed by atoms with Gasteiger partial charge in [0.05, 0.1) is 5.56 Å². The summed E-state index contributed by atoms with van der Waals surface area (Å²) >= 11 is 0. The fourth-order valence-electron chi connectivity index (χ4n) is 3.53. The van der Waals surface area contributed by atoms with Gasteiger partial charge in [0.25, 0.3) is 0 Å². The Morgan fingerprint density at radius 1 is 1.07 bits per heavy atom. The van der Waals surface area contributed by atoms with Gasteiger partial charge in [0.15, 0.2) is 5.78 Å². The summed E-state index contributed by atoms with van der Waals surface area (Å²) in [6.45, 7) is 3.91. The van der Waals surface area contributed by atoms with E-state index < -0.39 is 0 Å². The van der Waals surface area contributed by atoms with E-state index in [0.717, 1.165) is 25.4 Å². The molecule has 1 saturated heterocycles. The van der Waals surface area contributed by atoms with Crippen molar-refractivity contribution in [3.63, 3.8) is 0 Å². The summed E-state index contributed by atoms with van der Waals surface area (Å²) in [5.41, 5.74) is 1.56. The van der Waals surface area contributed by atoms with E-state index in [0.29, 0.717) is 28.7 Å². The van der Waals surface area contributed by atoms with Crippen LogP contribution in [0.1, 0.15) is 35.2 Å². The maximum atomic E-state index is 12.8. The number of benzene rings is 2. The number of fused-ring (bicyclic) bond motifs is 1. The molecule has 0 aliphatic carbocycles. The van der Waals surface area contributed by atoms with Gasteiger partial charge in [0.2, 0.25) is 0 Å². The molecule has 0 radical (unpaired) electrons. The van der Waals surface area contributed by atoms with Crippen molar-refractivity contribution in [1.29, 1.82) is 0 Å². The molecule has 1 N–H and O–H groups in total. The molecule has 27 heavy (non-hydrogen) atoms. The van der Waals surface area contributed by atoms with Crippen LogP contribution >= 0.6 is 0 Å². The molecule has 2 aromatic carbocycles. The van der Waals surface area contributed by atoms with Crippen molar-refractivity contribution >= 4 is 16.8 Å². The maximum absolute atomic E-state index is 12.8. The van der Waals surface area contributed by atoms with E-state index in [2.05, 4.69) is 4.90 Å². The number of ketones is 1. The minimum Gasteiger partial charge on any atom is -0.508 e. The summed E-state index contributed by atoms with van der Waals surface area (Å²) in [6.07, 6.45) is 5.33. The van der Waals surface area contributed by atoms with Crippen molar-refractivity contribution in [2.75, 3.05) is 26.2 Å². The molecule has 1 aromatic heterocycles. The van der Waals surface area contributed by atoms with Crippen LogP contribution in [-0.2, 0) is 0 Å². The van der Waals surface area contributed by atoms with Crippen molar-refractivity contribution in [3.05, 3.63) is 59.9 Å². The average molecular weight is 365 g/mol. The number of hydrogen-bond donors (Lipinski definition) is 1. The van der Waals surface area contributed by atoms with Crippen LogP contribution in [0.2, 0.25) is 0 Å². The van der Waals surface area contributed by atoms with Gasteiger partial charge < -0.3 is 14.3 Å². The first kappa shape index (κ1) is 17.6. The highest BCUT2D eigenvalue weighted by Crippen LogP contribution is 2.27. The van der Waals surface area contributed by atoms with E-state index in [9.17, 15) is 9.90 Å². The average Bonchev–Trinajstić information content (AvgIpc) is 3.12. The van der Waals surface area contributed by atoms with Crippen molar-refractivity contribution in [2.45, 2.75) is 19.3 Å². The number of phenols is 1. The molecule has 1 aliphatic heterocycles. The standard InChI is InChI=1S/C22H23NO4/c24-17-6-9-19-20(15-27-21(19)14-17)22(25)16-4-7-18(8-5-16)26-13-12-23-10-2-1-3-11-23/h4-9,14-15,24H,1-3,10-13H2. The smallest absolute Gasteiger partial charge is 0.196 e. The van der Waals surface area contributed by atoms with Crippen LogP contribution in [-0.4, -0.2) is 42.0 Å². The van der Waals surface area contributed by atoms with Gasteiger partial charge >= 0.3 is 0 Å². The highest BCUT2D eigenvalue weighted by atomic mass is 16.5. The third kappa shape index (κ3) is 3.98. The second-order valence-corrected chi connectivity index (χ2v) is 6.93. The van der Waals surface area contributed by atoms with Crippen LogP contribution in [0.4, 0.5) is 0 Å². The number of piperidine rings is 1. The Morgan fingerprint density at radius 3 is 2.63 bits per heavy atom. The molecular formula is C22H23NO4. The highest BCUT2D eigenvalue weighted by Gasteiger charge is 2.16. The van der Waals surface area contributed by atoms with E-state index in [1.54, 1.807) is 24.3 Å². The third-order valence-corrected chi connectivity index (χ3v) is 5.05. The van der Waals surface area contributed by atoms with Crippen LogP contribution < -0.4 is 4.74 Å². The third-order valence-electron chi connectivity index (χ3n) is 5.05. The number of carbonyl (C=O) groups excluding carboxylic acids is 1. The van der Waals surface area contributed by atoms with Gasteiger partial charge in [0.1, 0.15) is 30.0 Å². The summed E-state index contributed by atoms with van der Waals surface area (Å²) in [5.74, 6) is 0.770. The van der Waals surface area contributed by atoms with Crippen LogP contribution in [0.25, 0.3) is 11.0 Å². The Hall–Kier alpha value is -2.79. The first-order chi connectivity index (χ1) is 13.2. The van der Waals surface area contributed by atoms with E-state index in [1.165, 1.54) is 31.6 Å². The van der Waals surface area contributed by atoms with Crippen LogP contribution in [0.5, 0.6) is 11.5 Å². The minimum atomic E-state index is -0.112. The van der Waals surface area contributed by atoms with Gasteiger partial charge in [-0.3, -0.25) is 9.69 Å². The van der Waals surface area contributed by atoms with Crippen LogP contribution in [0.3, 0.4) is 0 Å². The Labute approximate surface area is 158 Å². The molecule has 0 saturated carbocycles. The van der Waals surface area contributed by atoms with Gasteiger partial charge in [-0.2, -0.15) is 0 Å². The van der Waals surface area contributed by atoms with Crippen molar-refractivity contribution in [2.24, 2.45) is 0 Å². The summed E-state index contributed by atoms with van der Waals surface area (Å²) < 4.78 is 11.2. The fourth-order valence-corrected chi connectivity index (χ4v) is 3.53. The van der Waals surface area contributed by atoms with Gasteiger partial charge in [-0.15, -0.1) is 0 Å².